The first-order chi connectivity index (χ1) is 2.27. The highest BCUT2D eigenvalue weighted by Crippen LogP contribution is 1.57. The third-order valence-electron chi connectivity index (χ3n) is 0.236. The van der Waals surface area contributed by atoms with E-state index in [-0.39, 0.29) is 6.40 Å². The molecule has 0 aliphatic carbocycles. The van der Waals surface area contributed by atoms with Crippen molar-refractivity contribution in [3.05, 3.63) is 0 Å². The molecule has 0 aromatic heterocycles. The van der Waals surface area contributed by atoms with E-state index in [1.165, 1.54) is 0 Å². The smallest absolute Gasteiger partial charge is 0.0277 e. The monoisotopic (exact) mass is 59.1 g/mol. The Labute approximate surface area is 28.2 Å². The van der Waals surface area contributed by atoms with Crippen molar-refractivity contribution in [3.63, 3.8) is 0 Å². The summed E-state index contributed by atoms with van der Waals surface area (Å²) in [6, 6.07) is 0. The van der Waals surface area contributed by atoms with Crippen LogP contribution >= 0.6 is 0 Å². The zero-order valence-electron chi connectivity index (χ0n) is 3.86. The number of rotatable bonds is 1. The van der Waals surface area contributed by atoms with Gasteiger partial charge >= 0.3 is 0 Å². The van der Waals surface area contributed by atoms with Crippen LogP contribution in [0, 0.1) is 0 Å². The molecule has 1 nitrogen and oxygen atoms in total. The van der Waals surface area contributed by atoms with E-state index in [4.69, 9.17) is 7.10 Å². The van der Waals surface area contributed by atoms with E-state index < -0.39 is 0 Å². The summed E-state index contributed by atoms with van der Waals surface area (Å²) in [5.41, 5.74) is 4.98. The van der Waals surface area contributed by atoms with Gasteiger partial charge in [-0.2, -0.15) is 0 Å². The molecule has 0 saturated heterocycles. The molecular weight excluding hydrogens is 50.0 g/mol. The largest absolute Gasteiger partial charge is 0.330 e. The SMILES string of the molecule is [1H]C(C)CN. The van der Waals surface area contributed by atoms with Crippen LogP contribution in [0.25, 0.3) is 0 Å². The average Bonchev–Trinajstić information content (AvgIpc) is 1.38. The van der Waals surface area contributed by atoms with Crippen LogP contribution in [0.2, 0.25) is 0 Å². The van der Waals surface area contributed by atoms with Crippen LogP contribution < -0.4 is 5.73 Å². The van der Waals surface area contributed by atoms with Gasteiger partial charge in [0.2, 0.25) is 0 Å². The topological polar surface area (TPSA) is 26.0 Å². The molecule has 1 heteroatoms. The molecule has 0 fully saturated rings. The van der Waals surface area contributed by atoms with Crippen molar-refractivity contribution in [1.82, 2.24) is 0 Å². The lowest BCUT2D eigenvalue weighted by Crippen LogP contribution is -1.93. The predicted molar refractivity (Wildman–Crippen MR) is 19.3 cm³/mol. The zero-order valence-corrected chi connectivity index (χ0v) is 2.86. The van der Waals surface area contributed by atoms with Gasteiger partial charge in [-0.3, -0.25) is 0 Å². The molecule has 0 aliphatic heterocycles. The van der Waals surface area contributed by atoms with Gasteiger partial charge < -0.3 is 5.73 Å². The summed E-state index contributed by atoms with van der Waals surface area (Å²) < 4.78 is 6.70. The Morgan fingerprint density at radius 3 is 2.50 bits per heavy atom. The first-order valence-corrected chi connectivity index (χ1v) is 1.39. The van der Waals surface area contributed by atoms with Gasteiger partial charge in [-0.25, -0.2) is 0 Å². The maximum Gasteiger partial charge on any atom is 0.0277 e. The molecule has 1 atom stereocenters. The Morgan fingerprint density at radius 2 is 2.50 bits per heavy atom. The van der Waals surface area contributed by atoms with Gasteiger partial charge in [-0.1, -0.05) is 6.92 Å². The maximum absolute atomic E-state index is 6.70. The lowest BCUT2D eigenvalue weighted by atomic mass is 10.5. The van der Waals surface area contributed by atoms with E-state index >= 15 is 0 Å². The van der Waals surface area contributed by atoms with Gasteiger partial charge in [0.15, 0.2) is 0 Å². The van der Waals surface area contributed by atoms with Gasteiger partial charge in [0, 0.05) is 1.37 Å². The van der Waals surface area contributed by atoms with E-state index in [0.29, 0.717) is 6.54 Å². The number of hydrogen-bond donors (Lipinski definition) is 1. The van der Waals surface area contributed by atoms with E-state index in [9.17, 15) is 0 Å². The fraction of sp³-hybridized carbons (Fsp3) is 1.00. The summed E-state index contributed by atoms with van der Waals surface area (Å²) in [4.78, 5) is 0. The van der Waals surface area contributed by atoms with Crippen LogP contribution in [-0.4, -0.2) is 6.54 Å². The molecule has 0 aromatic carbocycles. The predicted octanol–water partition coefficient (Wildman–Crippen LogP) is 0.355. The summed E-state index contributed by atoms with van der Waals surface area (Å²) in [6.45, 7) is 2.24. The number of nitrogens with two attached hydrogens (primary N) is 1. The molecule has 26 valence electrons. The maximum atomic E-state index is 6.70. The fourth-order valence-corrected chi connectivity index (χ4v) is 0. The summed E-state index contributed by atoms with van der Waals surface area (Å²) in [7, 11) is 0. The van der Waals surface area contributed by atoms with Crippen molar-refractivity contribution in [2.24, 2.45) is 5.73 Å². The average molecular weight is 59.1 g/mol. The lowest BCUT2D eigenvalue weighted by molar-refractivity contribution is 0.932. The van der Waals surface area contributed by atoms with Crippen LogP contribution in [0.4, 0.5) is 0 Å². The van der Waals surface area contributed by atoms with Crippen molar-refractivity contribution >= 4 is 0 Å². The van der Waals surface area contributed by atoms with E-state index in [2.05, 4.69) is 0 Å². The van der Waals surface area contributed by atoms with Crippen LogP contribution in [-0.2, 0) is 0 Å². The molecule has 0 amide bonds. The summed E-state index contributed by atoms with van der Waals surface area (Å²) >= 11 is 0. The Hall–Kier alpha value is -0.0400. The Balaban J connectivity index is 2.54. The summed E-state index contributed by atoms with van der Waals surface area (Å²) in [5.74, 6) is 0. The van der Waals surface area contributed by atoms with Crippen molar-refractivity contribution in [2.45, 2.75) is 13.3 Å². The molecule has 1 unspecified atom stereocenters. The standard InChI is InChI=1S/C3H9N/c1-2-3-4/h2-4H2,1H3/i2H. The number of hydrogen-bond acceptors (Lipinski definition) is 1. The van der Waals surface area contributed by atoms with E-state index in [1.807, 2.05) is 0 Å². The zero-order chi connectivity index (χ0) is 4.28. The Bertz CT molecular complexity index is 20.9. The second-order valence-electron chi connectivity index (χ2n) is 0.644. The molecule has 0 rings (SSSR count). The minimum Gasteiger partial charge on any atom is -0.330 e. The molecular formula is C3H9N. The summed E-state index contributed by atoms with van der Waals surface area (Å²) in [6.07, 6.45) is -0.0880. The quantitative estimate of drug-likeness (QED) is 0.463. The van der Waals surface area contributed by atoms with Gasteiger partial charge in [0.05, 0.1) is 0 Å². The van der Waals surface area contributed by atoms with Crippen LogP contribution in [0.3, 0.4) is 0 Å². The molecule has 0 aromatic rings. The van der Waals surface area contributed by atoms with Gasteiger partial charge in [0.1, 0.15) is 0 Å². The van der Waals surface area contributed by atoms with Crippen LogP contribution in [0.5, 0.6) is 0 Å². The van der Waals surface area contributed by atoms with Crippen LogP contribution in [0.1, 0.15) is 14.7 Å². The molecule has 0 aliphatic rings. The fourth-order valence-electron chi connectivity index (χ4n) is 0. The second kappa shape index (κ2) is 2.96. The van der Waals surface area contributed by atoms with Crippen molar-refractivity contribution in [2.75, 3.05) is 6.54 Å². The molecule has 0 bridgehead atoms. The van der Waals surface area contributed by atoms with Gasteiger partial charge in [-0.15, -0.1) is 0 Å². The molecule has 0 heterocycles. The molecule has 0 spiro atoms. The third-order valence-corrected chi connectivity index (χ3v) is 0.236. The first kappa shape index (κ1) is 2.21. The van der Waals surface area contributed by atoms with Crippen LogP contribution in [0.15, 0.2) is 0 Å². The van der Waals surface area contributed by atoms with Crippen molar-refractivity contribution < 1.29 is 1.37 Å². The van der Waals surface area contributed by atoms with Crippen molar-refractivity contribution in [1.29, 1.82) is 0 Å². The van der Waals surface area contributed by atoms with Gasteiger partial charge in [-0.05, 0) is 12.9 Å². The highest BCUT2D eigenvalue weighted by atomic mass is 14.5. The third kappa shape index (κ3) is 1.96. The van der Waals surface area contributed by atoms with E-state index in [0.717, 1.165) is 0 Å². The minimum absolute atomic E-state index is 0.0880. The Morgan fingerprint density at radius 1 is 2.25 bits per heavy atom. The lowest BCUT2D eigenvalue weighted by Gasteiger charge is -1.70. The Kier molecular flexibility index (Phi) is 1.64. The van der Waals surface area contributed by atoms with Crippen molar-refractivity contribution in [3.8, 4) is 0 Å². The van der Waals surface area contributed by atoms with Gasteiger partial charge in [0.25, 0.3) is 0 Å². The summed E-state index contributed by atoms with van der Waals surface area (Å²) in [5, 5.41) is 0. The highest BCUT2D eigenvalue weighted by molar-refractivity contribution is 4.19. The normalized spacial score (nSPS) is 19.0. The van der Waals surface area contributed by atoms with E-state index in [1.54, 1.807) is 6.92 Å². The minimum atomic E-state index is -0.0880. The molecule has 0 radical (unpaired) electrons. The molecule has 4 heavy (non-hydrogen) atoms. The molecule has 2 N–H and O–H groups in total. The second-order valence-corrected chi connectivity index (χ2v) is 0.644. The highest BCUT2D eigenvalue weighted by Gasteiger charge is 1.55. The first-order valence-electron chi connectivity index (χ1n) is 1.97. The molecule has 0 saturated carbocycles.